The highest BCUT2D eigenvalue weighted by Gasteiger charge is 2.51. The third-order valence-electron chi connectivity index (χ3n) is 12.6. The van der Waals surface area contributed by atoms with Gasteiger partial charge in [-0.2, -0.15) is 0 Å². The predicted molar refractivity (Wildman–Crippen MR) is 251 cm³/mol. The molecule has 0 radical (unpaired) electrons. The highest BCUT2D eigenvalue weighted by Crippen LogP contribution is 2.63. The van der Waals surface area contributed by atoms with Crippen molar-refractivity contribution in [3.8, 4) is 55.6 Å². The van der Waals surface area contributed by atoms with Gasteiger partial charge in [-0.1, -0.05) is 200 Å². The lowest BCUT2D eigenvalue weighted by Gasteiger charge is -2.31. The highest BCUT2D eigenvalue weighted by atomic mass is 15.1. The molecule has 60 heavy (non-hydrogen) atoms. The number of hydrogen-bond acceptors (Lipinski definition) is 1. The largest absolute Gasteiger partial charge is 0.310 e. The SMILES string of the molecule is [2H]c1c([2H])c([2H])c(-c2ccc(N(c3ccc(-c4ccccc4)cc3)c3ccc(-c4ccc5c(c4)C4(c6ccccc6-c6ccccc64)c4ccccc4-5)c4ccccc34)cc2)c([2H])c1[2H]. The molecule has 1 heteroatoms. The first kappa shape index (κ1) is 29.5. The average molecular weight is 767 g/mol. The van der Waals surface area contributed by atoms with E-state index in [0.29, 0.717) is 5.56 Å². The molecular weight excluding hydrogens is 723 g/mol. The first-order chi connectivity index (χ1) is 31.8. The molecule has 10 aromatic carbocycles. The Kier molecular flexibility index (Phi) is 6.72. The summed E-state index contributed by atoms with van der Waals surface area (Å²) in [6, 6.07) is 71.8. The van der Waals surface area contributed by atoms with E-state index in [1.165, 1.54) is 44.5 Å². The zero-order valence-electron chi connectivity index (χ0n) is 37.6. The zero-order valence-corrected chi connectivity index (χ0v) is 32.6. The van der Waals surface area contributed by atoms with Gasteiger partial charge in [-0.15, -0.1) is 0 Å². The monoisotopic (exact) mass is 766 g/mol. The molecule has 280 valence electrons. The van der Waals surface area contributed by atoms with Crippen LogP contribution in [0.3, 0.4) is 0 Å². The summed E-state index contributed by atoms with van der Waals surface area (Å²) in [4.78, 5) is 2.24. The van der Waals surface area contributed by atoms with Gasteiger partial charge in [-0.05, 0) is 120 Å². The Balaban J connectivity index is 1.03. The molecule has 0 aliphatic heterocycles. The van der Waals surface area contributed by atoms with E-state index in [1.807, 2.05) is 42.5 Å². The molecule has 12 rings (SSSR count). The van der Waals surface area contributed by atoms with Crippen LogP contribution in [0, 0.1) is 0 Å². The van der Waals surface area contributed by atoms with Gasteiger partial charge in [0.05, 0.1) is 18.0 Å². The Morgan fingerprint density at radius 2 is 0.767 bits per heavy atom. The molecule has 0 bridgehead atoms. The minimum Gasteiger partial charge on any atom is -0.310 e. The Hall–Kier alpha value is -7.74. The standard InChI is InChI=1S/C59H39N/c1-3-15-40(16-4-1)42-27-32-45(33-28-42)60(46-34-29-43(30-35-46)41-17-5-2-6-18-41)58-38-37-47(48-19-7-8-23-53(48)58)44-31-36-52-51-22-11-14-26-56(51)59(57(52)39-44)54-24-12-9-20-49(54)50-21-10-13-25-55(50)59/h1-39H/i1D,3D,4D,15D,16D. The van der Waals surface area contributed by atoms with Crippen molar-refractivity contribution in [2.75, 3.05) is 4.90 Å². The summed E-state index contributed by atoms with van der Waals surface area (Å²) < 4.78 is 42.1. The van der Waals surface area contributed by atoms with Gasteiger partial charge in [-0.25, -0.2) is 0 Å². The Morgan fingerprint density at radius 3 is 1.37 bits per heavy atom. The van der Waals surface area contributed by atoms with Gasteiger partial charge in [-0.3, -0.25) is 0 Å². The lowest BCUT2D eigenvalue weighted by atomic mass is 9.70. The minimum absolute atomic E-state index is 0.180. The number of rotatable bonds is 6. The molecule has 1 spiro atoms. The van der Waals surface area contributed by atoms with Crippen LogP contribution in [0.25, 0.3) is 66.4 Å². The topological polar surface area (TPSA) is 3.24 Å². The number of hydrogen-bond donors (Lipinski definition) is 0. The molecule has 0 saturated heterocycles. The van der Waals surface area contributed by atoms with E-state index >= 15 is 0 Å². The molecule has 0 atom stereocenters. The normalized spacial score (nSPS) is 14.0. The lowest BCUT2D eigenvalue weighted by Crippen LogP contribution is -2.25. The average Bonchev–Trinajstić information content (AvgIpc) is 3.83. The Labute approximate surface area is 358 Å². The van der Waals surface area contributed by atoms with E-state index in [0.717, 1.165) is 50.1 Å². The zero-order chi connectivity index (χ0) is 44.0. The fourth-order valence-corrected chi connectivity index (χ4v) is 10.0. The third kappa shape index (κ3) is 5.13. The molecule has 10 aromatic rings. The maximum atomic E-state index is 8.66. The molecule has 0 unspecified atom stereocenters. The van der Waals surface area contributed by atoms with Crippen molar-refractivity contribution in [1.29, 1.82) is 0 Å². The van der Waals surface area contributed by atoms with Gasteiger partial charge < -0.3 is 4.90 Å². The fraction of sp³-hybridized carbons (Fsp3) is 0.0169. The molecule has 2 aliphatic rings. The summed E-state index contributed by atoms with van der Waals surface area (Å²) in [6.07, 6.45) is 0. The van der Waals surface area contributed by atoms with Gasteiger partial charge in [0.25, 0.3) is 0 Å². The minimum atomic E-state index is -0.449. The fourth-order valence-electron chi connectivity index (χ4n) is 10.0. The van der Waals surface area contributed by atoms with Gasteiger partial charge in [0.2, 0.25) is 0 Å². The van der Waals surface area contributed by atoms with Crippen LogP contribution in [-0.4, -0.2) is 0 Å². The van der Waals surface area contributed by atoms with E-state index in [2.05, 4.69) is 169 Å². The summed E-state index contributed by atoms with van der Waals surface area (Å²) >= 11 is 0. The van der Waals surface area contributed by atoms with Crippen molar-refractivity contribution in [2.24, 2.45) is 0 Å². The van der Waals surface area contributed by atoms with Crippen LogP contribution in [0.15, 0.2) is 236 Å². The van der Waals surface area contributed by atoms with E-state index < -0.39 is 11.5 Å². The Morgan fingerprint density at radius 1 is 0.317 bits per heavy atom. The van der Waals surface area contributed by atoms with Crippen molar-refractivity contribution in [3.05, 3.63) is 259 Å². The van der Waals surface area contributed by atoms with Crippen molar-refractivity contribution in [2.45, 2.75) is 5.41 Å². The molecule has 2 aliphatic carbocycles. The third-order valence-corrected chi connectivity index (χ3v) is 12.6. The van der Waals surface area contributed by atoms with Crippen molar-refractivity contribution in [1.82, 2.24) is 0 Å². The van der Waals surface area contributed by atoms with Crippen LogP contribution in [-0.2, 0) is 5.41 Å². The summed E-state index contributed by atoms with van der Waals surface area (Å²) in [5.41, 5.74) is 17.9. The van der Waals surface area contributed by atoms with E-state index in [-0.39, 0.29) is 29.7 Å². The van der Waals surface area contributed by atoms with Gasteiger partial charge in [0.1, 0.15) is 0 Å². The highest BCUT2D eigenvalue weighted by molar-refractivity contribution is 6.07. The summed E-state index contributed by atoms with van der Waals surface area (Å²) in [7, 11) is 0. The number of fused-ring (bicyclic) bond motifs is 11. The van der Waals surface area contributed by atoms with Crippen LogP contribution in [0.1, 0.15) is 29.1 Å². The smallest absolute Gasteiger partial charge is 0.0725 e. The van der Waals surface area contributed by atoms with E-state index in [4.69, 9.17) is 6.85 Å². The van der Waals surface area contributed by atoms with Crippen molar-refractivity contribution in [3.63, 3.8) is 0 Å². The predicted octanol–water partition coefficient (Wildman–Crippen LogP) is 15.7. The van der Waals surface area contributed by atoms with Crippen molar-refractivity contribution >= 4 is 27.8 Å². The molecule has 0 saturated carbocycles. The molecule has 0 heterocycles. The van der Waals surface area contributed by atoms with Gasteiger partial charge in [0, 0.05) is 16.8 Å². The van der Waals surface area contributed by atoms with Crippen LogP contribution < -0.4 is 4.90 Å². The maximum absolute atomic E-state index is 8.66. The lowest BCUT2D eigenvalue weighted by molar-refractivity contribution is 0.794. The molecule has 0 N–H and O–H groups in total. The summed E-state index contributed by atoms with van der Waals surface area (Å²) in [5, 5.41) is 2.19. The number of nitrogens with zero attached hydrogens (tertiary/aromatic N) is 1. The van der Waals surface area contributed by atoms with E-state index in [1.54, 1.807) is 0 Å². The van der Waals surface area contributed by atoms with Crippen LogP contribution >= 0.6 is 0 Å². The number of benzene rings is 10. The second-order valence-electron chi connectivity index (χ2n) is 15.6. The van der Waals surface area contributed by atoms with E-state index in [9.17, 15) is 0 Å². The Bertz CT molecular complexity index is 3450. The van der Waals surface area contributed by atoms with Crippen LogP contribution in [0.4, 0.5) is 17.1 Å². The quantitative estimate of drug-likeness (QED) is 0.163. The van der Waals surface area contributed by atoms with Crippen LogP contribution in [0.2, 0.25) is 0 Å². The molecular formula is C59H39N. The maximum Gasteiger partial charge on any atom is 0.0725 e. The summed E-state index contributed by atoms with van der Waals surface area (Å²) in [5.74, 6) is 0. The van der Waals surface area contributed by atoms with Crippen LogP contribution in [0.5, 0.6) is 0 Å². The molecule has 0 fully saturated rings. The summed E-state index contributed by atoms with van der Waals surface area (Å²) in [6.45, 7) is 0. The second kappa shape index (κ2) is 13.7. The first-order valence-electron chi connectivity index (χ1n) is 22.9. The van der Waals surface area contributed by atoms with Gasteiger partial charge in [0.15, 0.2) is 0 Å². The first-order valence-corrected chi connectivity index (χ1v) is 20.4. The molecule has 0 aromatic heterocycles. The second-order valence-corrected chi connectivity index (χ2v) is 15.6. The van der Waals surface area contributed by atoms with Gasteiger partial charge >= 0.3 is 0 Å². The molecule has 1 nitrogen and oxygen atoms in total. The van der Waals surface area contributed by atoms with Crippen molar-refractivity contribution < 1.29 is 6.85 Å². The molecule has 0 amide bonds. The number of anilines is 3.